The Kier molecular flexibility index (Phi) is 8.76. The van der Waals surface area contributed by atoms with Crippen LogP contribution in [0.5, 0.6) is 0 Å². The highest BCUT2D eigenvalue weighted by Crippen LogP contribution is 2.10. The van der Waals surface area contributed by atoms with E-state index in [1.54, 1.807) is 0 Å². The topological polar surface area (TPSA) is 89.9 Å². The molecule has 0 aromatic carbocycles. The fraction of sp³-hybridized carbons (Fsp3) is 0.533. The van der Waals surface area contributed by atoms with Gasteiger partial charge in [0.15, 0.2) is 0 Å². The molecule has 0 aliphatic rings. The number of carbonyl (C=O) groups is 3. The quantitative estimate of drug-likeness (QED) is 0.491. The van der Waals surface area contributed by atoms with Gasteiger partial charge in [0.1, 0.15) is 12.7 Å². The van der Waals surface area contributed by atoms with Gasteiger partial charge >= 0.3 is 17.9 Å². The number of ether oxygens (including phenoxy) is 2. The number of carboxylic acid groups (broad SMARTS) is 1. The van der Waals surface area contributed by atoms with Crippen molar-refractivity contribution in [2.75, 3.05) is 6.61 Å². The summed E-state index contributed by atoms with van der Waals surface area (Å²) in [6.45, 7) is 10.2. The summed E-state index contributed by atoms with van der Waals surface area (Å²) in [4.78, 5) is 33.5. The van der Waals surface area contributed by atoms with Gasteiger partial charge in [0.2, 0.25) is 0 Å². The number of hydrogen-bond donors (Lipinski definition) is 1. The van der Waals surface area contributed by atoms with Gasteiger partial charge in [0.25, 0.3) is 0 Å². The minimum absolute atomic E-state index is 0.128. The monoisotopic (exact) mass is 298 g/mol. The Morgan fingerprint density at radius 1 is 1.19 bits per heavy atom. The SMILES string of the molecule is C=C(C)C(=O)OC(CCCC)COC(=O)C(=C)CC(=O)O. The highest BCUT2D eigenvalue weighted by atomic mass is 16.6. The second kappa shape index (κ2) is 9.74. The standard InChI is InChI=1S/C15H22O6/c1-5-6-7-12(21-14(18)10(2)3)9-20-15(19)11(4)8-13(16)17/h12H,2,4-9H2,1,3H3,(H,16,17). The second-order valence-electron chi connectivity index (χ2n) is 4.72. The molecule has 0 heterocycles. The molecule has 21 heavy (non-hydrogen) atoms. The Bertz CT molecular complexity index is 424. The van der Waals surface area contributed by atoms with E-state index in [-0.39, 0.29) is 17.8 Å². The molecule has 0 aliphatic heterocycles. The summed E-state index contributed by atoms with van der Waals surface area (Å²) in [5.41, 5.74) is 0.112. The molecule has 0 amide bonds. The van der Waals surface area contributed by atoms with Gasteiger partial charge in [-0.1, -0.05) is 26.5 Å². The summed E-state index contributed by atoms with van der Waals surface area (Å²) >= 11 is 0. The molecular weight excluding hydrogens is 276 g/mol. The van der Waals surface area contributed by atoms with Crippen molar-refractivity contribution >= 4 is 17.9 Å². The normalized spacial score (nSPS) is 11.3. The van der Waals surface area contributed by atoms with Crippen LogP contribution in [-0.4, -0.2) is 35.7 Å². The Balaban J connectivity index is 4.43. The van der Waals surface area contributed by atoms with E-state index in [4.69, 9.17) is 14.6 Å². The summed E-state index contributed by atoms with van der Waals surface area (Å²) in [6.07, 6.45) is 1.21. The molecule has 0 aromatic rings. The molecular formula is C15H22O6. The van der Waals surface area contributed by atoms with Crippen LogP contribution in [0.25, 0.3) is 0 Å². The molecule has 6 heteroatoms. The third kappa shape index (κ3) is 8.62. The summed E-state index contributed by atoms with van der Waals surface area (Å²) in [5.74, 6) is -2.50. The first kappa shape index (κ1) is 18.9. The Hall–Kier alpha value is -2.11. The Labute approximate surface area is 124 Å². The third-order valence-electron chi connectivity index (χ3n) is 2.56. The summed E-state index contributed by atoms with van der Waals surface area (Å²) < 4.78 is 10.1. The van der Waals surface area contributed by atoms with Gasteiger partial charge in [-0.05, 0) is 19.8 Å². The zero-order valence-corrected chi connectivity index (χ0v) is 12.5. The maximum Gasteiger partial charge on any atom is 0.334 e. The number of esters is 2. The van der Waals surface area contributed by atoms with Crippen LogP contribution in [0.15, 0.2) is 24.3 Å². The first-order valence-corrected chi connectivity index (χ1v) is 6.71. The molecule has 1 atom stereocenters. The van der Waals surface area contributed by atoms with Crippen LogP contribution in [0, 0.1) is 0 Å². The van der Waals surface area contributed by atoms with Gasteiger partial charge in [-0.2, -0.15) is 0 Å². The van der Waals surface area contributed by atoms with Crippen LogP contribution in [0.3, 0.4) is 0 Å². The minimum Gasteiger partial charge on any atom is -0.481 e. The number of carboxylic acids is 1. The molecule has 0 bridgehead atoms. The average molecular weight is 298 g/mol. The van der Waals surface area contributed by atoms with Crippen LogP contribution >= 0.6 is 0 Å². The highest BCUT2D eigenvalue weighted by molar-refractivity contribution is 5.92. The van der Waals surface area contributed by atoms with Crippen molar-refractivity contribution < 1.29 is 29.0 Å². The fourth-order valence-electron chi connectivity index (χ4n) is 1.39. The van der Waals surface area contributed by atoms with Gasteiger partial charge in [0, 0.05) is 11.1 Å². The lowest BCUT2D eigenvalue weighted by Gasteiger charge is -2.18. The molecule has 0 aliphatic carbocycles. The predicted octanol–water partition coefficient (Wildman–Crippen LogP) is 2.24. The average Bonchev–Trinajstić information content (AvgIpc) is 2.40. The van der Waals surface area contributed by atoms with Crippen molar-refractivity contribution in [2.24, 2.45) is 0 Å². The zero-order chi connectivity index (χ0) is 16.4. The summed E-state index contributed by atoms with van der Waals surface area (Å²) in [6, 6.07) is 0. The number of unbranched alkanes of at least 4 members (excludes halogenated alkanes) is 1. The van der Waals surface area contributed by atoms with Gasteiger partial charge < -0.3 is 14.6 Å². The van der Waals surface area contributed by atoms with Gasteiger partial charge in [-0.25, -0.2) is 9.59 Å². The van der Waals surface area contributed by atoms with Crippen LogP contribution in [0.1, 0.15) is 39.5 Å². The first-order chi connectivity index (χ1) is 9.77. The van der Waals surface area contributed by atoms with Crippen LogP contribution < -0.4 is 0 Å². The molecule has 0 saturated carbocycles. The van der Waals surface area contributed by atoms with Crippen molar-refractivity contribution in [1.29, 1.82) is 0 Å². The van der Waals surface area contributed by atoms with E-state index in [9.17, 15) is 14.4 Å². The fourth-order valence-corrected chi connectivity index (χ4v) is 1.39. The van der Waals surface area contributed by atoms with Crippen molar-refractivity contribution in [1.82, 2.24) is 0 Å². The minimum atomic E-state index is -1.16. The molecule has 0 rings (SSSR count). The van der Waals surface area contributed by atoms with E-state index in [1.807, 2.05) is 6.92 Å². The maximum absolute atomic E-state index is 11.5. The van der Waals surface area contributed by atoms with Crippen molar-refractivity contribution in [2.45, 2.75) is 45.6 Å². The van der Waals surface area contributed by atoms with Crippen LogP contribution in [0.4, 0.5) is 0 Å². The van der Waals surface area contributed by atoms with Crippen LogP contribution in [0.2, 0.25) is 0 Å². The Morgan fingerprint density at radius 2 is 1.81 bits per heavy atom. The molecule has 0 aromatic heterocycles. The predicted molar refractivity (Wildman–Crippen MR) is 76.6 cm³/mol. The lowest BCUT2D eigenvalue weighted by Crippen LogP contribution is -2.26. The summed E-state index contributed by atoms with van der Waals surface area (Å²) in [5, 5.41) is 8.56. The molecule has 0 fully saturated rings. The van der Waals surface area contributed by atoms with Gasteiger partial charge in [-0.3, -0.25) is 4.79 Å². The van der Waals surface area contributed by atoms with Gasteiger partial charge in [-0.15, -0.1) is 0 Å². The zero-order valence-electron chi connectivity index (χ0n) is 12.5. The van der Waals surface area contributed by atoms with Gasteiger partial charge in [0.05, 0.1) is 6.42 Å². The molecule has 0 saturated heterocycles. The number of rotatable bonds is 10. The molecule has 1 N–H and O–H groups in total. The number of aliphatic carboxylic acids is 1. The molecule has 118 valence electrons. The van der Waals surface area contributed by atoms with E-state index in [0.717, 1.165) is 12.8 Å². The molecule has 1 unspecified atom stereocenters. The van der Waals surface area contributed by atoms with Crippen molar-refractivity contribution in [3.8, 4) is 0 Å². The smallest absolute Gasteiger partial charge is 0.334 e. The third-order valence-corrected chi connectivity index (χ3v) is 2.56. The van der Waals surface area contributed by atoms with E-state index >= 15 is 0 Å². The molecule has 0 spiro atoms. The van der Waals surface area contributed by atoms with E-state index < -0.39 is 30.4 Å². The highest BCUT2D eigenvalue weighted by Gasteiger charge is 2.19. The first-order valence-electron chi connectivity index (χ1n) is 6.71. The molecule has 6 nitrogen and oxygen atoms in total. The lowest BCUT2D eigenvalue weighted by molar-refractivity contribution is -0.154. The summed E-state index contributed by atoms with van der Waals surface area (Å²) in [7, 11) is 0. The van der Waals surface area contributed by atoms with Crippen molar-refractivity contribution in [3.63, 3.8) is 0 Å². The van der Waals surface area contributed by atoms with Crippen LogP contribution in [-0.2, 0) is 23.9 Å². The lowest BCUT2D eigenvalue weighted by atomic mass is 10.1. The van der Waals surface area contributed by atoms with E-state index in [1.165, 1.54) is 6.92 Å². The second-order valence-corrected chi connectivity index (χ2v) is 4.72. The Morgan fingerprint density at radius 3 is 2.29 bits per heavy atom. The maximum atomic E-state index is 11.5. The number of hydrogen-bond acceptors (Lipinski definition) is 5. The number of carbonyl (C=O) groups excluding carboxylic acids is 2. The van der Waals surface area contributed by atoms with E-state index in [2.05, 4.69) is 13.2 Å². The molecule has 0 radical (unpaired) electrons. The van der Waals surface area contributed by atoms with E-state index in [0.29, 0.717) is 6.42 Å². The van der Waals surface area contributed by atoms with Crippen molar-refractivity contribution in [3.05, 3.63) is 24.3 Å². The largest absolute Gasteiger partial charge is 0.481 e.